The van der Waals surface area contributed by atoms with Crippen molar-refractivity contribution in [3.05, 3.63) is 34.9 Å². The van der Waals surface area contributed by atoms with Crippen molar-refractivity contribution in [2.24, 2.45) is 0 Å². The molecule has 0 aromatic heterocycles. The van der Waals surface area contributed by atoms with Gasteiger partial charge in [0.1, 0.15) is 6.10 Å². The lowest BCUT2D eigenvalue weighted by Crippen LogP contribution is -2.21. The normalized spacial score (nSPS) is 15.2. The van der Waals surface area contributed by atoms with Crippen LogP contribution in [0.5, 0.6) is 0 Å². The molecule has 0 amide bonds. The Morgan fingerprint density at radius 1 is 1.04 bits per heavy atom. The summed E-state index contributed by atoms with van der Waals surface area (Å²) in [6.07, 6.45) is -13.8. The van der Waals surface area contributed by atoms with E-state index in [0.717, 1.165) is 11.8 Å². The molecule has 0 fully saturated rings. The minimum absolute atomic E-state index is 0.0613. The van der Waals surface area contributed by atoms with Crippen molar-refractivity contribution in [3.63, 3.8) is 0 Å². The number of hydrogen-bond acceptors (Lipinski definition) is 4. The highest BCUT2D eigenvalue weighted by Crippen LogP contribution is 2.38. The van der Waals surface area contributed by atoms with E-state index in [4.69, 9.17) is 0 Å². The molecule has 0 aliphatic carbocycles. The van der Waals surface area contributed by atoms with Gasteiger partial charge in [-0.15, -0.1) is 0 Å². The molecule has 0 spiro atoms. The fourth-order valence-corrected chi connectivity index (χ4v) is 2.50. The van der Waals surface area contributed by atoms with E-state index in [0.29, 0.717) is 12.1 Å². The Balaban J connectivity index is 3.10. The zero-order chi connectivity index (χ0) is 18.7. The monoisotopic (exact) mass is 376 g/mol. The molecule has 2 atom stereocenters. The average Bonchev–Trinajstić information content (AvgIpc) is 2.43. The number of aliphatic hydroxyl groups is 2. The zero-order valence-corrected chi connectivity index (χ0v) is 13.1. The van der Waals surface area contributed by atoms with E-state index < -0.39 is 41.3 Å². The van der Waals surface area contributed by atoms with Crippen molar-refractivity contribution in [3.8, 4) is 0 Å². The molecule has 0 heterocycles. The number of carbonyl (C=O) groups excluding carboxylic acids is 1. The van der Waals surface area contributed by atoms with Crippen molar-refractivity contribution in [1.29, 1.82) is 0 Å². The maximum absolute atomic E-state index is 12.7. The lowest BCUT2D eigenvalue weighted by atomic mass is 9.97. The molecule has 2 N–H and O–H groups in total. The number of rotatable bonds is 5. The molecule has 136 valence electrons. The molecular weight excluding hydrogens is 362 g/mol. The van der Waals surface area contributed by atoms with Crippen molar-refractivity contribution >= 4 is 16.9 Å². The molecule has 24 heavy (non-hydrogen) atoms. The zero-order valence-electron chi connectivity index (χ0n) is 12.3. The van der Waals surface area contributed by atoms with Crippen LogP contribution in [0.3, 0.4) is 0 Å². The third kappa shape index (κ3) is 5.99. The smallest absolute Gasteiger partial charge is 0.390 e. The SMILES string of the molecule is CC(=O)SCCC(O)C(O)c1cc(C(F)(F)F)cc(C(F)(F)F)c1. The van der Waals surface area contributed by atoms with Crippen molar-refractivity contribution in [2.75, 3.05) is 5.75 Å². The second-order valence-electron chi connectivity index (χ2n) is 4.98. The summed E-state index contributed by atoms with van der Waals surface area (Å²) in [7, 11) is 0. The van der Waals surface area contributed by atoms with Gasteiger partial charge in [-0.3, -0.25) is 4.79 Å². The third-order valence-electron chi connectivity index (χ3n) is 3.03. The first-order chi connectivity index (χ1) is 10.8. The minimum atomic E-state index is -5.04. The molecule has 2 unspecified atom stereocenters. The van der Waals surface area contributed by atoms with Gasteiger partial charge in [-0.05, 0) is 30.2 Å². The van der Waals surface area contributed by atoms with Gasteiger partial charge >= 0.3 is 12.4 Å². The Morgan fingerprint density at radius 3 is 1.88 bits per heavy atom. The van der Waals surface area contributed by atoms with Crippen LogP contribution in [0.25, 0.3) is 0 Å². The van der Waals surface area contributed by atoms with Crippen LogP contribution < -0.4 is 0 Å². The van der Waals surface area contributed by atoms with Crippen LogP contribution in [0.1, 0.15) is 36.1 Å². The number of aliphatic hydroxyl groups excluding tert-OH is 2. The Bertz CT molecular complexity index is 553. The van der Waals surface area contributed by atoms with Crippen LogP contribution in [-0.4, -0.2) is 27.2 Å². The number of thioether (sulfide) groups is 1. The van der Waals surface area contributed by atoms with Gasteiger partial charge in [-0.2, -0.15) is 26.3 Å². The van der Waals surface area contributed by atoms with E-state index in [1.165, 1.54) is 6.92 Å². The van der Waals surface area contributed by atoms with Gasteiger partial charge in [0.2, 0.25) is 0 Å². The van der Waals surface area contributed by atoms with E-state index in [1.54, 1.807) is 0 Å². The molecule has 1 aromatic rings. The van der Waals surface area contributed by atoms with Gasteiger partial charge in [-0.1, -0.05) is 11.8 Å². The first-order valence-electron chi connectivity index (χ1n) is 6.61. The first-order valence-corrected chi connectivity index (χ1v) is 7.60. The minimum Gasteiger partial charge on any atom is -0.390 e. The Labute approximate surface area is 137 Å². The maximum atomic E-state index is 12.7. The van der Waals surface area contributed by atoms with Gasteiger partial charge < -0.3 is 10.2 Å². The predicted molar refractivity (Wildman–Crippen MR) is 75.2 cm³/mol. The summed E-state index contributed by atoms with van der Waals surface area (Å²) in [5, 5.41) is 19.3. The molecule has 3 nitrogen and oxygen atoms in total. The summed E-state index contributed by atoms with van der Waals surface area (Å²) in [5.74, 6) is 0.0681. The van der Waals surface area contributed by atoms with E-state index in [2.05, 4.69) is 0 Å². The van der Waals surface area contributed by atoms with Gasteiger partial charge in [0, 0.05) is 12.7 Å². The lowest BCUT2D eigenvalue weighted by Gasteiger charge is -2.21. The summed E-state index contributed by atoms with van der Waals surface area (Å²) < 4.78 is 76.4. The number of carbonyl (C=O) groups is 1. The quantitative estimate of drug-likeness (QED) is 0.768. The highest BCUT2D eigenvalue weighted by molar-refractivity contribution is 8.13. The summed E-state index contributed by atoms with van der Waals surface area (Å²) >= 11 is 0.817. The molecule has 0 saturated carbocycles. The van der Waals surface area contributed by atoms with E-state index in [9.17, 15) is 41.4 Å². The van der Waals surface area contributed by atoms with Gasteiger partial charge in [0.15, 0.2) is 5.12 Å². The van der Waals surface area contributed by atoms with Crippen molar-refractivity contribution < 1.29 is 41.4 Å². The topological polar surface area (TPSA) is 57.5 Å². The second-order valence-corrected chi connectivity index (χ2v) is 6.25. The highest BCUT2D eigenvalue weighted by Gasteiger charge is 2.38. The summed E-state index contributed by atoms with van der Waals surface area (Å²) in [6.45, 7) is 1.26. The van der Waals surface area contributed by atoms with Gasteiger partial charge in [0.25, 0.3) is 0 Å². The largest absolute Gasteiger partial charge is 0.416 e. The molecule has 10 heteroatoms. The van der Waals surface area contributed by atoms with Crippen LogP contribution in [0, 0.1) is 0 Å². The van der Waals surface area contributed by atoms with Crippen LogP contribution >= 0.6 is 11.8 Å². The number of benzene rings is 1. The van der Waals surface area contributed by atoms with Crippen LogP contribution in [0.15, 0.2) is 18.2 Å². The number of hydrogen-bond donors (Lipinski definition) is 2. The summed E-state index contributed by atoms with van der Waals surface area (Å²) in [6, 6.07) is 0.663. The van der Waals surface area contributed by atoms with Crippen LogP contribution in [-0.2, 0) is 17.1 Å². The number of halogens is 6. The summed E-state index contributed by atoms with van der Waals surface area (Å²) in [4.78, 5) is 10.7. The Morgan fingerprint density at radius 2 is 1.50 bits per heavy atom. The highest BCUT2D eigenvalue weighted by atomic mass is 32.2. The Hall–Kier alpha value is -1.26. The maximum Gasteiger partial charge on any atom is 0.416 e. The molecular formula is C14H14F6O3S. The van der Waals surface area contributed by atoms with Crippen LogP contribution in [0.4, 0.5) is 26.3 Å². The Kier molecular flexibility index (Phi) is 6.71. The second kappa shape index (κ2) is 7.75. The van der Waals surface area contributed by atoms with Crippen molar-refractivity contribution in [1.82, 2.24) is 0 Å². The fourth-order valence-electron chi connectivity index (χ4n) is 1.85. The molecule has 1 aromatic carbocycles. The van der Waals surface area contributed by atoms with Crippen molar-refractivity contribution in [2.45, 2.75) is 37.9 Å². The molecule has 0 saturated heterocycles. The van der Waals surface area contributed by atoms with E-state index in [1.807, 2.05) is 0 Å². The average molecular weight is 376 g/mol. The summed E-state index contributed by atoms with van der Waals surface area (Å²) in [5.41, 5.74) is -3.84. The lowest BCUT2D eigenvalue weighted by molar-refractivity contribution is -0.143. The first kappa shape index (κ1) is 20.8. The number of alkyl halides is 6. The predicted octanol–water partition coefficient (Wildman–Crippen LogP) is 3.79. The van der Waals surface area contributed by atoms with Crippen LogP contribution in [0.2, 0.25) is 0 Å². The fraction of sp³-hybridized carbons (Fsp3) is 0.500. The molecule has 0 radical (unpaired) electrons. The standard InChI is InChI=1S/C14H14F6O3S/c1-7(21)24-3-2-11(22)12(23)8-4-9(13(15,16)17)6-10(5-8)14(18,19)20/h4-6,11-12,22-23H,2-3H2,1H3. The molecule has 0 aliphatic heterocycles. The van der Waals surface area contributed by atoms with E-state index >= 15 is 0 Å². The molecule has 0 aliphatic rings. The van der Waals surface area contributed by atoms with Gasteiger partial charge in [0.05, 0.1) is 17.2 Å². The third-order valence-corrected chi connectivity index (χ3v) is 3.88. The molecule has 0 bridgehead atoms. The van der Waals surface area contributed by atoms with E-state index in [-0.39, 0.29) is 23.4 Å². The molecule has 1 rings (SSSR count). The van der Waals surface area contributed by atoms with Gasteiger partial charge in [-0.25, -0.2) is 0 Å².